The fraction of sp³-hybridized carbons (Fsp3) is 0.269. The number of rotatable bonds is 10. The van der Waals surface area contributed by atoms with E-state index in [1.54, 1.807) is 17.8 Å². The molecule has 17 heteroatoms. The first-order valence-corrected chi connectivity index (χ1v) is 13.3. The molecule has 5 aromatic heterocycles. The Bertz CT molecular complexity index is 1840. The van der Waals surface area contributed by atoms with Crippen molar-refractivity contribution in [3.63, 3.8) is 0 Å². The number of fused-ring (bicyclic) bond motifs is 1. The highest BCUT2D eigenvalue weighted by molar-refractivity contribution is 7.21. The number of hydrogen-bond donors (Lipinski definition) is 2. The summed E-state index contributed by atoms with van der Waals surface area (Å²) in [5.41, 5.74) is 4.47. The summed E-state index contributed by atoms with van der Waals surface area (Å²) in [5.74, 6) is -2.26. The summed E-state index contributed by atoms with van der Waals surface area (Å²) in [6.07, 6.45) is -7.49. The van der Waals surface area contributed by atoms with Gasteiger partial charge in [-0.3, -0.25) is 19.0 Å². The number of alkyl halides is 6. The first-order valence-electron chi connectivity index (χ1n) is 12.5. The van der Waals surface area contributed by atoms with Crippen molar-refractivity contribution in [3.05, 3.63) is 69.6 Å². The number of furan rings is 1. The SMILES string of the molecule is CCn1cc(-c2cc(C(F)F)nc3sc(C(N)=O)c(NC(=O)c4ccc(Cn5nc(C(F)F)cc5C(F)F)o4)c23)c(C)n1. The van der Waals surface area contributed by atoms with E-state index in [1.165, 1.54) is 12.1 Å². The van der Waals surface area contributed by atoms with Gasteiger partial charge < -0.3 is 15.5 Å². The van der Waals surface area contributed by atoms with Crippen molar-refractivity contribution in [1.29, 1.82) is 0 Å². The number of thiophene rings is 1. The number of nitrogens with one attached hydrogen (secondary N) is 1. The van der Waals surface area contributed by atoms with Crippen molar-refractivity contribution in [2.45, 2.75) is 46.2 Å². The maximum atomic E-state index is 13.8. The molecule has 226 valence electrons. The Kier molecular flexibility index (Phi) is 8.00. The number of aryl methyl sites for hydroxylation is 2. The Hall–Kier alpha value is -4.67. The van der Waals surface area contributed by atoms with Crippen molar-refractivity contribution in [1.82, 2.24) is 24.5 Å². The normalized spacial score (nSPS) is 11.9. The molecule has 0 saturated heterocycles. The number of nitrogens with zero attached hydrogens (tertiary/aromatic N) is 5. The summed E-state index contributed by atoms with van der Waals surface area (Å²) in [7, 11) is 0. The van der Waals surface area contributed by atoms with E-state index in [-0.39, 0.29) is 37.9 Å². The predicted octanol–water partition coefficient (Wildman–Crippen LogP) is 6.49. The molecule has 5 heterocycles. The van der Waals surface area contributed by atoms with E-state index in [9.17, 15) is 35.9 Å². The number of halogens is 6. The molecule has 0 unspecified atom stereocenters. The predicted molar refractivity (Wildman–Crippen MR) is 143 cm³/mol. The Balaban J connectivity index is 1.54. The Labute approximate surface area is 242 Å². The molecule has 0 spiro atoms. The third-order valence-electron chi connectivity index (χ3n) is 6.40. The van der Waals surface area contributed by atoms with Gasteiger partial charge in [-0.25, -0.2) is 31.3 Å². The van der Waals surface area contributed by atoms with Crippen molar-refractivity contribution < 1.29 is 40.3 Å². The van der Waals surface area contributed by atoms with Gasteiger partial charge in [0.25, 0.3) is 31.1 Å². The molecular weight excluding hydrogens is 604 g/mol. The molecule has 0 bridgehead atoms. The van der Waals surface area contributed by atoms with Crippen LogP contribution >= 0.6 is 11.3 Å². The van der Waals surface area contributed by atoms with E-state index in [2.05, 4.69) is 20.5 Å². The van der Waals surface area contributed by atoms with Crippen LogP contribution in [0.25, 0.3) is 21.3 Å². The Morgan fingerprint density at radius 1 is 1.02 bits per heavy atom. The molecule has 0 aliphatic heterocycles. The maximum Gasteiger partial charge on any atom is 0.291 e. The second-order valence-electron chi connectivity index (χ2n) is 9.20. The van der Waals surface area contributed by atoms with Gasteiger partial charge >= 0.3 is 0 Å². The Morgan fingerprint density at radius 2 is 1.74 bits per heavy atom. The highest BCUT2D eigenvalue weighted by atomic mass is 32.1. The first kappa shape index (κ1) is 29.8. The first-order chi connectivity index (χ1) is 20.4. The lowest BCUT2D eigenvalue weighted by atomic mass is 10.0. The van der Waals surface area contributed by atoms with E-state index in [4.69, 9.17) is 10.2 Å². The van der Waals surface area contributed by atoms with Gasteiger partial charge in [0.2, 0.25) is 0 Å². The molecule has 5 rings (SSSR count). The van der Waals surface area contributed by atoms with Crippen molar-refractivity contribution >= 4 is 39.1 Å². The van der Waals surface area contributed by atoms with Gasteiger partial charge in [-0.15, -0.1) is 11.3 Å². The number of aromatic nitrogens is 5. The van der Waals surface area contributed by atoms with E-state index >= 15 is 0 Å². The van der Waals surface area contributed by atoms with E-state index in [0.29, 0.717) is 39.9 Å². The average molecular weight is 626 g/mol. The lowest BCUT2D eigenvalue weighted by molar-refractivity contribution is 0.0994. The molecule has 0 aliphatic carbocycles. The standard InChI is InChI=1S/C26H21F6N7O3S/c1-3-38-9-13(10(2)36-38)12-6-14(21(27)28)34-26-18(12)19(20(43-26)24(33)40)35-25(41)17-5-4-11(42-17)8-39-16(23(31)32)7-15(37-39)22(29)30/h4-7,9,21-23H,3,8H2,1-2H3,(H2,33,40)(H,35,41). The van der Waals surface area contributed by atoms with Gasteiger partial charge in [-0.1, -0.05) is 0 Å². The van der Waals surface area contributed by atoms with Crippen LogP contribution in [-0.2, 0) is 13.1 Å². The maximum absolute atomic E-state index is 13.8. The quantitative estimate of drug-likeness (QED) is 0.171. The van der Waals surface area contributed by atoms with Gasteiger partial charge in [0.05, 0.1) is 17.9 Å². The second-order valence-corrected chi connectivity index (χ2v) is 10.2. The molecule has 0 atom stereocenters. The fourth-order valence-electron chi connectivity index (χ4n) is 4.45. The summed E-state index contributed by atoms with van der Waals surface area (Å²) in [6.45, 7) is 3.50. The van der Waals surface area contributed by atoms with Crippen LogP contribution in [0.2, 0.25) is 0 Å². The van der Waals surface area contributed by atoms with Gasteiger partial charge in [0, 0.05) is 23.7 Å². The number of pyridine rings is 1. The van der Waals surface area contributed by atoms with Crippen LogP contribution in [0.5, 0.6) is 0 Å². The number of amides is 2. The number of carbonyl (C=O) groups excluding carboxylic acids is 2. The minimum Gasteiger partial charge on any atom is -0.454 e. The van der Waals surface area contributed by atoms with Crippen LogP contribution in [0.3, 0.4) is 0 Å². The minimum absolute atomic E-state index is 0.00808. The molecule has 5 aromatic rings. The van der Waals surface area contributed by atoms with Crippen molar-refractivity contribution in [2.75, 3.05) is 5.32 Å². The van der Waals surface area contributed by atoms with Gasteiger partial charge in [0.15, 0.2) is 5.76 Å². The van der Waals surface area contributed by atoms with Gasteiger partial charge in [-0.05, 0) is 43.7 Å². The topological polar surface area (TPSA) is 134 Å². The largest absolute Gasteiger partial charge is 0.454 e. The van der Waals surface area contributed by atoms with Crippen LogP contribution in [0.1, 0.15) is 75.0 Å². The Morgan fingerprint density at radius 3 is 2.35 bits per heavy atom. The molecule has 10 nitrogen and oxygen atoms in total. The molecule has 0 aliphatic rings. The molecule has 0 fully saturated rings. The molecule has 3 N–H and O–H groups in total. The van der Waals surface area contributed by atoms with E-state index in [1.807, 2.05) is 6.92 Å². The molecular formula is C26H21F6N7O3S. The van der Waals surface area contributed by atoms with E-state index < -0.39 is 54.7 Å². The number of carbonyl (C=O) groups is 2. The van der Waals surface area contributed by atoms with Crippen molar-refractivity contribution in [3.8, 4) is 11.1 Å². The summed E-state index contributed by atoms with van der Waals surface area (Å²) in [5, 5.41) is 10.5. The zero-order chi connectivity index (χ0) is 31.2. The smallest absolute Gasteiger partial charge is 0.291 e. The molecule has 0 radical (unpaired) electrons. The van der Waals surface area contributed by atoms with Crippen LogP contribution in [-0.4, -0.2) is 36.4 Å². The number of primary amides is 1. The lowest BCUT2D eigenvalue weighted by Gasteiger charge is -2.10. The molecule has 0 aromatic carbocycles. The summed E-state index contributed by atoms with van der Waals surface area (Å²) in [6, 6.07) is 4.19. The van der Waals surface area contributed by atoms with Gasteiger partial charge in [0.1, 0.15) is 32.5 Å². The zero-order valence-electron chi connectivity index (χ0n) is 22.2. The van der Waals surface area contributed by atoms with Crippen molar-refractivity contribution in [2.24, 2.45) is 5.73 Å². The van der Waals surface area contributed by atoms with Gasteiger partial charge in [-0.2, -0.15) is 10.2 Å². The molecule has 43 heavy (non-hydrogen) atoms. The van der Waals surface area contributed by atoms with Crippen LogP contribution in [0.15, 0.2) is 34.9 Å². The van der Waals surface area contributed by atoms with E-state index in [0.717, 1.165) is 6.07 Å². The van der Waals surface area contributed by atoms with Crippen LogP contribution in [0.4, 0.5) is 32.0 Å². The number of anilines is 1. The molecule has 2 amide bonds. The highest BCUT2D eigenvalue weighted by Crippen LogP contribution is 2.43. The number of hydrogen-bond acceptors (Lipinski definition) is 7. The summed E-state index contributed by atoms with van der Waals surface area (Å²) in [4.78, 5) is 29.5. The lowest BCUT2D eigenvalue weighted by Crippen LogP contribution is -2.16. The fourth-order valence-corrected chi connectivity index (χ4v) is 5.46. The summed E-state index contributed by atoms with van der Waals surface area (Å²) < 4.78 is 88.0. The highest BCUT2D eigenvalue weighted by Gasteiger charge is 2.27. The average Bonchev–Trinajstić information content (AvgIpc) is 3.73. The number of nitrogens with two attached hydrogens (primary N) is 1. The monoisotopic (exact) mass is 625 g/mol. The summed E-state index contributed by atoms with van der Waals surface area (Å²) >= 11 is 0.708. The second kappa shape index (κ2) is 11.5. The third kappa shape index (κ3) is 5.71. The zero-order valence-corrected chi connectivity index (χ0v) is 23.1. The minimum atomic E-state index is -3.10. The van der Waals surface area contributed by atoms with Crippen LogP contribution in [0, 0.1) is 6.92 Å². The third-order valence-corrected chi connectivity index (χ3v) is 7.49. The molecule has 0 saturated carbocycles. The van der Waals surface area contributed by atoms with Crippen LogP contribution < -0.4 is 11.1 Å².